The average Bonchev–Trinajstić information content (AvgIpc) is 2.81. The van der Waals surface area contributed by atoms with E-state index in [4.69, 9.17) is 11.6 Å². The molecule has 19 heavy (non-hydrogen) atoms. The number of Topliss-reactive ketones (excluding diaryl/α,β-unsaturated/α-hetero) is 1. The second-order valence-corrected chi connectivity index (χ2v) is 4.96. The third-order valence-electron chi connectivity index (χ3n) is 2.79. The van der Waals surface area contributed by atoms with Gasteiger partial charge in [-0.1, -0.05) is 17.7 Å². The highest BCUT2D eigenvalue weighted by molar-refractivity contribution is 6.34. The van der Waals surface area contributed by atoms with Crippen molar-refractivity contribution < 1.29 is 9.18 Å². The number of carbonyl (C=O) groups excluding carboxylic acids is 1. The number of nitrogens with zero attached hydrogens (tertiary/aromatic N) is 2. The van der Waals surface area contributed by atoms with Gasteiger partial charge in [-0.25, -0.2) is 4.39 Å². The van der Waals surface area contributed by atoms with Crippen molar-refractivity contribution in [3.05, 3.63) is 52.6 Å². The summed E-state index contributed by atoms with van der Waals surface area (Å²) in [5.41, 5.74) is 0.847. The second kappa shape index (κ2) is 5.53. The molecular weight excluding hydrogens is 267 g/mol. The van der Waals surface area contributed by atoms with Gasteiger partial charge in [0.15, 0.2) is 5.78 Å². The molecule has 100 valence electrons. The molecule has 1 heterocycles. The number of carbonyl (C=O) groups is 1. The molecule has 5 heteroatoms. The number of benzene rings is 1. The molecule has 0 aliphatic heterocycles. The van der Waals surface area contributed by atoms with Gasteiger partial charge in [0.25, 0.3) is 0 Å². The standard InChI is InChI=1S/C14H14ClFN2O/c1-9(2)18-7-6-10(17-18)8-13(19)11-4-3-5-12(16)14(11)15/h3-7,9H,8H2,1-2H3. The Morgan fingerprint density at radius 1 is 1.42 bits per heavy atom. The maximum atomic E-state index is 13.3. The second-order valence-electron chi connectivity index (χ2n) is 4.58. The van der Waals surface area contributed by atoms with Crippen LogP contribution < -0.4 is 0 Å². The number of ketones is 1. The van der Waals surface area contributed by atoms with E-state index in [-0.39, 0.29) is 28.8 Å². The van der Waals surface area contributed by atoms with Gasteiger partial charge in [-0.2, -0.15) is 5.10 Å². The van der Waals surface area contributed by atoms with Gasteiger partial charge in [-0.05, 0) is 32.0 Å². The summed E-state index contributed by atoms with van der Waals surface area (Å²) in [6, 6.07) is 6.24. The molecule has 0 fully saturated rings. The van der Waals surface area contributed by atoms with Crippen LogP contribution in [0.1, 0.15) is 35.9 Å². The summed E-state index contributed by atoms with van der Waals surface area (Å²) in [7, 11) is 0. The zero-order valence-electron chi connectivity index (χ0n) is 10.7. The molecule has 0 bridgehead atoms. The maximum absolute atomic E-state index is 13.3. The van der Waals surface area contributed by atoms with E-state index in [1.54, 1.807) is 10.7 Å². The molecule has 0 saturated heterocycles. The highest BCUT2D eigenvalue weighted by Gasteiger charge is 2.15. The number of aromatic nitrogens is 2. The third kappa shape index (κ3) is 3.01. The van der Waals surface area contributed by atoms with Crippen LogP contribution in [0.3, 0.4) is 0 Å². The van der Waals surface area contributed by atoms with E-state index >= 15 is 0 Å². The monoisotopic (exact) mass is 280 g/mol. The number of rotatable bonds is 4. The topological polar surface area (TPSA) is 34.9 Å². The van der Waals surface area contributed by atoms with Crippen molar-refractivity contribution >= 4 is 17.4 Å². The van der Waals surface area contributed by atoms with Crippen LogP contribution in [0.5, 0.6) is 0 Å². The van der Waals surface area contributed by atoms with Crippen molar-refractivity contribution in [2.24, 2.45) is 0 Å². The van der Waals surface area contributed by atoms with Crippen molar-refractivity contribution in [3.63, 3.8) is 0 Å². The molecule has 0 radical (unpaired) electrons. The summed E-state index contributed by atoms with van der Waals surface area (Å²) in [5.74, 6) is -0.821. The SMILES string of the molecule is CC(C)n1ccc(CC(=O)c2cccc(F)c2Cl)n1. The van der Waals surface area contributed by atoms with Crippen LogP contribution in [0.15, 0.2) is 30.5 Å². The Balaban J connectivity index is 2.18. The van der Waals surface area contributed by atoms with Gasteiger partial charge < -0.3 is 0 Å². The number of hydrogen-bond donors (Lipinski definition) is 0. The largest absolute Gasteiger partial charge is 0.294 e. The molecule has 0 atom stereocenters. The van der Waals surface area contributed by atoms with Crippen LogP contribution in [0.2, 0.25) is 5.02 Å². The molecular formula is C14H14ClFN2O. The Morgan fingerprint density at radius 3 is 2.79 bits per heavy atom. The minimum Gasteiger partial charge on any atom is -0.294 e. The summed E-state index contributed by atoms with van der Waals surface area (Å²) in [4.78, 5) is 12.1. The minimum absolute atomic E-state index is 0.114. The lowest BCUT2D eigenvalue weighted by atomic mass is 10.1. The van der Waals surface area contributed by atoms with E-state index in [2.05, 4.69) is 5.10 Å². The Hall–Kier alpha value is -1.68. The Bertz CT molecular complexity index is 607. The fourth-order valence-electron chi connectivity index (χ4n) is 1.74. The first kappa shape index (κ1) is 13.7. The van der Waals surface area contributed by atoms with Crippen molar-refractivity contribution in [3.8, 4) is 0 Å². The summed E-state index contributed by atoms with van der Waals surface area (Å²) >= 11 is 5.79. The first-order valence-corrected chi connectivity index (χ1v) is 6.38. The smallest absolute Gasteiger partial charge is 0.170 e. The third-order valence-corrected chi connectivity index (χ3v) is 3.17. The molecule has 2 rings (SSSR count). The normalized spacial score (nSPS) is 11.0. The minimum atomic E-state index is -0.583. The summed E-state index contributed by atoms with van der Waals surface area (Å²) in [6.45, 7) is 4.00. The van der Waals surface area contributed by atoms with Gasteiger partial charge >= 0.3 is 0 Å². The maximum Gasteiger partial charge on any atom is 0.170 e. The molecule has 0 aliphatic carbocycles. The zero-order chi connectivity index (χ0) is 14.0. The predicted molar refractivity (Wildman–Crippen MR) is 72.1 cm³/mol. The molecule has 1 aromatic carbocycles. The van der Waals surface area contributed by atoms with Gasteiger partial charge in [-0.3, -0.25) is 9.48 Å². The average molecular weight is 281 g/mol. The zero-order valence-corrected chi connectivity index (χ0v) is 11.5. The lowest BCUT2D eigenvalue weighted by Gasteiger charge is -2.04. The van der Waals surface area contributed by atoms with Gasteiger partial charge in [-0.15, -0.1) is 0 Å². The van der Waals surface area contributed by atoms with Crippen LogP contribution >= 0.6 is 11.6 Å². The van der Waals surface area contributed by atoms with Crippen LogP contribution in [-0.4, -0.2) is 15.6 Å². The Kier molecular flexibility index (Phi) is 4.00. The molecule has 1 aromatic heterocycles. The molecule has 0 unspecified atom stereocenters. The lowest BCUT2D eigenvalue weighted by Crippen LogP contribution is -2.07. The number of halogens is 2. The molecule has 3 nitrogen and oxygen atoms in total. The van der Waals surface area contributed by atoms with Crippen molar-refractivity contribution in [2.45, 2.75) is 26.3 Å². The summed E-state index contributed by atoms with van der Waals surface area (Å²) in [5, 5.41) is 4.16. The van der Waals surface area contributed by atoms with Gasteiger partial charge in [0.05, 0.1) is 17.1 Å². The highest BCUT2D eigenvalue weighted by Crippen LogP contribution is 2.21. The quantitative estimate of drug-likeness (QED) is 0.801. The van der Waals surface area contributed by atoms with E-state index in [0.29, 0.717) is 5.69 Å². The van der Waals surface area contributed by atoms with Crippen molar-refractivity contribution in [1.82, 2.24) is 9.78 Å². The van der Waals surface area contributed by atoms with E-state index in [0.717, 1.165) is 0 Å². The van der Waals surface area contributed by atoms with E-state index in [9.17, 15) is 9.18 Å². The van der Waals surface area contributed by atoms with E-state index < -0.39 is 5.82 Å². The molecule has 0 aliphatic rings. The van der Waals surface area contributed by atoms with Crippen LogP contribution in [0.25, 0.3) is 0 Å². The number of hydrogen-bond acceptors (Lipinski definition) is 2. The predicted octanol–water partition coefficient (Wildman–Crippen LogP) is 3.68. The van der Waals surface area contributed by atoms with Crippen LogP contribution in [-0.2, 0) is 6.42 Å². The molecule has 0 amide bonds. The first-order chi connectivity index (χ1) is 8.99. The van der Waals surface area contributed by atoms with Gasteiger partial charge in [0.2, 0.25) is 0 Å². The highest BCUT2D eigenvalue weighted by atomic mass is 35.5. The molecule has 0 spiro atoms. The first-order valence-electron chi connectivity index (χ1n) is 6.00. The van der Waals surface area contributed by atoms with Crippen LogP contribution in [0.4, 0.5) is 4.39 Å². The molecule has 0 saturated carbocycles. The van der Waals surface area contributed by atoms with Crippen molar-refractivity contribution in [2.75, 3.05) is 0 Å². The molecule has 2 aromatic rings. The van der Waals surface area contributed by atoms with Gasteiger partial charge in [0.1, 0.15) is 5.82 Å². The summed E-state index contributed by atoms with van der Waals surface area (Å²) < 4.78 is 15.1. The van der Waals surface area contributed by atoms with E-state index in [1.807, 2.05) is 20.0 Å². The fourth-order valence-corrected chi connectivity index (χ4v) is 1.97. The van der Waals surface area contributed by atoms with Crippen molar-refractivity contribution in [1.29, 1.82) is 0 Å². The lowest BCUT2D eigenvalue weighted by molar-refractivity contribution is 0.0991. The van der Waals surface area contributed by atoms with Gasteiger partial charge in [0, 0.05) is 17.8 Å². The summed E-state index contributed by atoms with van der Waals surface area (Å²) in [6.07, 6.45) is 1.93. The Labute approximate surface area is 116 Å². The van der Waals surface area contributed by atoms with Crippen LogP contribution in [0, 0.1) is 5.82 Å². The molecule has 0 N–H and O–H groups in total. The fraction of sp³-hybridized carbons (Fsp3) is 0.286. The Morgan fingerprint density at radius 2 is 2.16 bits per heavy atom. The van der Waals surface area contributed by atoms with E-state index in [1.165, 1.54) is 18.2 Å².